The van der Waals surface area contributed by atoms with Crippen LogP contribution in [-0.2, 0) is 11.2 Å². The molecule has 2 rings (SSSR count). The number of hydrogen-bond acceptors (Lipinski definition) is 2. The summed E-state index contributed by atoms with van der Waals surface area (Å²) in [6, 6.07) is 10.9. The highest BCUT2D eigenvalue weighted by molar-refractivity contribution is 6.17. The van der Waals surface area contributed by atoms with Crippen molar-refractivity contribution >= 4 is 17.5 Å². The van der Waals surface area contributed by atoms with Gasteiger partial charge in [-0.05, 0) is 31.2 Å². The minimum atomic E-state index is 0.0839. The van der Waals surface area contributed by atoms with Crippen LogP contribution in [-0.4, -0.2) is 29.4 Å². The topological polar surface area (TPSA) is 32.3 Å². The molecule has 1 N–H and O–H groups in total. The third-order valence-corrected chi connectivity index (χ3v) is 3.76. The molecule has 104 valence electrons. The molecule has 1 saturated heterocycles. The molecule has 1 aliphatic rings. The van der Waals surface area contributed by atoms with Crippen molar-refractivity contribution in [3.63, 3.8) is 0 Å². The Morgan fingerprint density at radius 2 is 2.16 bits per heavy atom. The van der Waals surface area contributed by atoms with Gasteiger partial charge in [0.2, 0.25) is 5.91 Å². The highest BCUT2D eigenvalue weighted by Crippen LogP contribution is 2.19. The van der Waals surface area contributed by atoms with E-state index in [4.69, 9.17) is 11.6 Å². The summed E-state index contributed by atoms with van der Waals surface area (Å²) in [6.45, 7) is 0.949. The molecular formula is C15H21ClN2O. The van der Waals surface area contributed by atoms with Crippen LogP contribution in [0.1, 0.15) is 31.2 Å². The molecular weight excluding hydrogens is 260 g/mol. The number of alkyl halides is 1. The van der Waals surface area contributed by atoms with Crippen LogP contribution in [0.5, 0.6) is 0 Å². The van der Waals surface area contributed by atoms with Gasteiger partial charge in [-0.1, -0.05) is 30.3 Å². The van der Waals surface area contributed by atoms with Gasteiger partial charge in [-0.25, -0.2) is 5.01 Å². The Morgan fingerprint density at radius 3 is 2.89 bits per heavy atom. The van der Waals surface area contributed by atoms with Crippen molar-refractivity contribution in [1.29, 1.82) is 0 Å². The Balaban J connectivity index is 1.85. The molecule has 0 aliphatic carbocycles. The van der Waals surface area contributed by atoms with E-state index in [2.05, 4.69) is 34.7 Å². The molecule has 1 aromatic carbocycles. The van der Waals surface area contributed by atoms with Crippen molar-refractivity contribution in [1.82, 2.24) is 10.4 Å². The van der Waals surface area contributed by atoms with E-state index in [1.54, 1.807) is 0 Å². The predicted octanol–water partition coefficient (Wildman–Crippen LogP) is 2.74. The van der Waals surface area contributed by atoms with Crippen LogP contribution in [0.2, 0.25) is 0 Å². The number of nitrogens with zero attached hydrogens (tertiary/aromatic N) is 1. The van der Waals surface area contributed by atoms with Crippen molar-refractivity contribution in [3.8, 4) is 0 Å². The number of benzene rings is 1. The Morgan fingerprint density at radius 1 is 1.37 bits per heavy atom. The lowest BCUT2D eigenvalue weighted by atomic mass is 10.0. The first-order valence-corrected chi connectivity index (χ1v) is 7.49. The normalized spacial score (nSPS) is 19.5. The monoisotopic (exact) mass is 280 g/mol. The van der Waals surface area contributed by atoms with Crippen LogP contribution in [0.15, 0.2) is 30.3 Å². The van der Waals surface area contributed by atoms with E-state index in [1.807, 2.05) is 6.07 Å². The van der Waals surface area contributed by atoms with Gasteiger partial charge >= 0.3 is 0 Å². The highest BCUT2D eigenvalue weighted by atomic mass is 35.5. The molecule has 1 atom stereocenters. The van der Waals surface area contributed by atoms with E-state index in [0.29, 0.717) is 18.3 Å². The molecule has 1 aliphatic heterocycles. The van der Waals surface area contributed by atoms with Gasteiger partial charge in [0.25, 0.3) is 0 Å². The van der Waals surface area contributed by atoms with Crippen LogP contribution in [0.4, 0.5) is 0 Å². The molecule has 0 unspecified atom stereocenters. The first-order valence-electron chi connectivity index (χ1n) is 6.95. The maximum atomic E-state index is 11.7. The summed E-state index contributed by atoms with van der Waals surface area (Å²) < 4.78 is 0. The minimum absolute atomic E-state index is 0.0839. The molecule has 1 amide bonds. The smallest absolute Gasteiger partial charge is 0.234 e. The average Bonchev–Trinajstić information content (AvgIpc) is 2.85. The number of carbonyl (C=O) groups excluding carboxylic acids is 1. The first-order chi connectivity index (χ1) is 9.29. The van der Waals surface area contributed by atoms with Crippen molar-refractivity contribution < 1.29 is 4.79 Å². The lowest BCUT2D eigenvalue weighted by Crippen LogP contribution is -2.45. The highest BCUT2D eigenvalue weighted by Gasteiger charge is 2.25. The lowest BCUT2D eigenvalue weighted by Gasteiger charge is -2.25. The molecule has 0 radical (unpaired) electrons. The largest absolute Gasteiger partial charge is 0.289 e. The van der Waals surface area contributed by atoms with E-state index in [0.717, 1.165) is 32.2 Å². The van der Waals surface area contributed by atoms with Gasteiger partial charge < -0.3 is 0 Å². The lowest BCUT2D eigenvalue weighted by molar-refractivity contribution is -0.126. The van der Waals surface area contributed by atoms with Crippen molar-refractivity contribution in [3.05, 3.63) is 35.9 Å². The molecule has 19 heavy (non-hydrogen) atoms. The molecule has 0 saturated carbocycles. The number of halogens is 1. The third-order valence-electron chi connectivity index (χ3n) is 3.50. The molecule has 3 nitrogen and oxygen atoms in total. The fraction of sp³-hybridized carbons (Fsp3) is 0.533. The summed E-state index contributed by atoms with van der Waals surface area (Å²) in [4.78, 5) is 11.7. The van der Waals surface area contributed by atoms with E-state index in [-0.39, 0.29) is 5.91 Å². The van der Waals surface area contributed by atoms with Crippen LogP contribution >= 0.6 is 11.6 Å². The van der Waals surface area contributed by atoms with E-state index >= 15 is 0 Å². The summed E-state index contributed by atoms with van der Waals surface area (Å²) >= 11 is 5.60. The Kier molecular flexibility index (Phi) is 5.67. The van der Waals surface area contributed by atoms with Crippen molar-refractivity contribution in [2.75, 3.05) is 12.4 Å². The maximum Gasteiger partial charge on any atom is 0.234 e. The fourth-order valence-electron chi connectivity index (χ4n) is 2.52. The molecule has 1 aromatic rings. The maximum absolute atomic E-state index is 11.7. The minimum Gasteiger partial charge on any atom is -0.289 e. The fourth-order valence-corrected chi connectivity index (χ4v) is 2.66. The third kappa shape index (κ3) is 4.51. The van der Waals surface area contributed by atoms with Gasteiger partial charge in [0.1, 0.15) is 0 Å². The average molecular weight is 281 g/mol. The predicted molar refractivity (Wildman–Crippen MR) is 78.0 cm³/mol. The van der Waals surface area contributed by atoms with Gasteiger partial charge in [-0.3, -0.25) is 10.2 Å². The zero-order valence-corrected chi connectivity index (χ0v) is 11.9. The summed E-state index contributed by atoms with van der Waals surface area (Å²) in [6.07, 6.45) is 4.54. The number of amides is 1. The second kappa shape index (κ2) is 7.51. The summed E-state index contributed by atoms with van der Waals surface area (Å²) in [5.74, 6) is 0.626. The standard InChI is InChI=1S/C15H21ClN2O/c16-10-4-9-15(19)17-18-11-5-8-14(18)12-13-6-2-1-3-7-13/h1-3,6-7,14H,4-5,8-12H2,(H,17,19)/t14-/m1/s1. The van der Waals surface area contributed by atoms with Crippen LogP contribution in [0.25, 0.3) is 0 Å². The van der Waals surface area contributed by atoms with Crippen LogP contribution < -0.4 is 5.43 Å². The van der Waals surface area contributed by atoms with Crippen LogP contribution in [0, 0.1) is 0 Å². The molecule has 0 spiro atoms. The quantitative estimate of drug-likeness (QED) is 0.813. The Bertz CT molecular complexity index is 396. The summed E-state index contributed by atoms with van der Waals surface area (Å²) in [5, 5.41) is 2.10. The first kappa shape index (κ1) is 14.4. The summed E-state index contributed by atoms with van der Waals surface area (Å²) in [7, 11) is 0. The Labute approximate surface area is 119 Å². The Hall–Kier alpha value is -1.06. The SMILES string of the molecule is O=C(CCCCl)NN1CCC[C@@H]1Cc1ccccc1. The van der Waals surface area contributed by atoms with E-state index < -0.39 is 0 Å². The number of carbonyl (C=O) groups is 1. The second-order valence-electron chi connectivity index (χ2n) is 5.01. The molecule has 0 bridgehead atoms. The molecule has 1 heterocycles. The van der Waals surface area contributed by atoms with Crippen molar-refractivity contribution in [2.24, 2.45) is 0 Å². The summed E-state index contributed by atoms with van der Waals surface area (Å²) in [5.41, 5.74) is 4.35. The van der Waals surface area contributed by atoms with E-state index in [9.17, 15) is 4.79 Å². The van der Waals surface area contributed by atoms with Gasteiger partial charge in [0.15, 0.2) is 0 Å². The van der Waals surface area contributed by atoms with Gasteiger partial charge in [0.05, 0.1) is 0 Å². The van der Waals surface area contributed by atoms with Gasteiger partial charge in [-0.2, -0.15) is 0 Å². The van der Waals surface area contributed by atoms with E-state index in [1.165, 1.54) is 5.56 Å². The zero-order chi connectivity index (χ0) is 13.5. The van der Waals surface area contributed by atoms with Gasteiger partial charge in [-0.15, -0.1) is 11.6 Å². The molecule has 1 fully saturated rings. The number of hydrazine groups is 1. The zero-order valence-electron chi connectivity index (χ0n) is 11.1. The van der Waals surface area contributed by atoms with Crippen LogP contribution in [0.3, 0.4) is 0 Å². The van der Waals surface area contributed by atoms with Gasteiger partial charge in [0, 0.05) is 24.9 Å². The molecule has 0 aromatic heterocycles. The number of hydrogen-bond donors (Lipinski definition) is 1. The molecule has 4 heteroatoms. The second-order valence-corrected chi connectivity index (χ2v) is 5.38. The number of rotatable bonds is 6. The van der Waals surface area contributed by atoms with Crippen molar-refractivity contribution in [2.45, 2.75) is 38.1 Å². The number of nitrogens with one attached hydrogen (secondary N) is 1.